The second-order valence-corrected chi connectivity index (χ2v) is 11.8. The second-order valence-electron chi connectivity index (χ2n) is 8.92. The number of halogens is 1. The van der Waals surface area contributed by atoms with Gasteiger partial charge in [0, 0.05) is 16.3 Å². The van der Waals surface area contributed by atoms with Gasteiger partial charge < -0.3 is 0 Å². The number of hydrogen-bond donors (Lipinski definition) is 0. The monoisotopic (exact) mass is 438 g/mol. The highest BCUT2D eigenvalue weighted by Gasteiger charge is 2.53. The van der Waals surface area contributed by atoms with Crippen molar-refractivity contribution in [3.63, 3.8) is 0 Å². The molecule has 0 aromatic heterocycles. The minimum atomic E-state index is -3.28. The Morgan fingerprint density at radius 1 is 1.00 bits per heavy atom. The number of Topliss-reactive ketones (excluding diaryl/α,β-unsaturated/α-hetero) is 1. The van der Waals surface area contributed by atoms with Crippen LogP contribution < -0.4 is 0 Å². The van der Waals surface area contributed by atoms with E-state index < -0.39 is 9.84 Å². The van der Waals surface area contributed by atoms with Crippen LogP contribution in [0.15, 0.2) is 33.6 Å². The maximum Gasteiger partial charge on any atom is 0.178 e. The van der Waals surface area contributed by atoms with Crippen LogP contribution in [0.4, 0.5) is 0 Å². The van der Waals surface area contributed by atoms with Crippen molar-refractivity contribution in [1.82, 2.24) is 0 Å². The molecule has 4 aliphatic rings. The molecule has 5 rings (SSSR count). The molecule has 0 atom stereocenters. The van der Waals surface area contributed by atoms with Crippen LogP contribution in [0.5, 0.6) is 0 Å². The molecule has 4 fully saturated rings. The Kier molecular flexibility index (Phi) is 4.84. The fraction of sp³-hybridized carbons (Fsp3) is 0.667. The molecule has 0 unspecified atom stereocenters. The van der Waals surface area contributed by atoms with Crippen molar-refractivity contribution < 1.29 is 13.2 Å². The lowest BCUT2D eigenvalue weighted by Gasteiger charge is -2.53. The lowest BCUT2D eigenvalue weighted by molar-refractivity contribution is -0.138. The molecule has 0 radical (unpaired) electrons. The van der Waals surface area contributed by atoms with Gasteiger partial charge in [-0.1, -0.05) is 35.2 Å². The van der Waals surface area contributed by atoms with Crippen molar-refractivity contribution in [2.45, 2.75) is 69.1 Å². The minimum absolute atomic E-state index is 0.121. The number of rotatable bonds is 6. The first-order valence-electron chi connectivity index (χ1n) is 9.84. The van der Waals surface area contributed by atoms with E-state index in [1.807, 2.05) is 0 Å². The summed E-state index contributed by atoms with van der Waals surface area (Å²) in [5, 5.41) is 0. The average molecular weight is 439 g/mol. The molecule has 4 aliphatic carbocycles. The average Bonchev–Trinajstić information content (AvgIpc) is 2.59. The molecule has 0 aliphatic heterocycles. The molecule has 0 heterocycles. The van der Waals surface area contributed by atoms with Gasteiger partial charge >= 0.3 is 0 Å². The maximum absolute atomic E-state index is 12.9. The van der Waals surface area contributed by atoms with Crippen molar-refractivity contribution in [2.24, 2.45) is 16.7 Å². The van der Waals surface area contributed by atoms with Gasteiger partial charge in [-0.3, -0.25) is 4.79 Å². The van der Waals surface area contributed by atoms with E-state index in [-0.39, 0.29) is 16.6 Å². The minimum Gasteiger partial charge on any atom is -0.299 e. The van der Waals surface area contributed by atoms with Gasteiger partial charge in [0.1, 0.15) is 5.78 Å². The zero-order valence-electron chi connectivity index (χ0n) is 15.2. The van der Waals surface area contributed by atoms with E-state index in [0.717, 1.165) is 49.4 Å². The van der Waals surface area contributed by atoms with E-state index in [4.69, 9.17) is 0 Å². The summed E-state index contributed by atoms with van der Waals surface area (Å²) in [7, 11) is -3.28. The lowest BCUT2D eigenvalue weighted by Crippen LogP contribution is -2.48. The molecule has 1 aromatic carbocycles. The fourth-order valence-corrected chi connectivity index (χ4v) is 7.42. The molecule has 0 amide bonds. The van der Waals surface area contributed by atoms with Crippen LogP contribution in [0.2, 0.25) is 0 Å². The lowest BCUT2D eigenvalue weighted by atomic mass is 9.52. The first-order valence-corrected chi connectivity index (χ1v) is 12.3. The number of benzene rings is 1. The third-order valence-electron chi connectivity index (χ3n) is 7.36. The first-order chi connectivity index (χ1) is 12.3. The Morgan fingerprint density at radius 2 is 1.58 bits per heavy atom. The van der Waals surface area contributed by atoms with E-state index in [1.165, 1.54) is 19.3 Å². The summed E-state index contributed by atoms with van der Waals surface area (Å²) >= 11 is 3.36. The number of hydrogen-bond acceptors (Lipinski definition) is 3. The topological polar surface area (TPSA) is 51.2 Å². The van der Waals surface area contributed by atoms with Gasteiger partial charge in [0.25, 0.3) is 0 Å². The van der Waals surface area contributed by atoms with Crippen molar-refractivity contribution in [1.29, 1.82) is 0 Å². The standard InChI is InChI=1S/C21H27BrO3S/c22-17-4-6-18(7-5-17)26(24,25)15-20-8-11-21(12-9-20,13-10-20)19(23)14-16-2-1-3-16/h4-7,16H,1-3,8-15H2. The van der Waals surface area contributed by atoms with Gasteiger partial charge in [-0.15, -0.1) is 0 Å². The third kappa shape index (κ3) is 3.42. The molecule has 26 heavy (non-hydrogen) atoms. The van der Waals surface area contributed by atoms with Crippen LogP contribution in [-0.2, 0) is 14.6 Å². The summed E-state index contributed by atoms with van der Waals surface area (Å²) in [6.07, 6.45) is 9.84. The SMILES string of the molecule is O=C(CC1CCC1)C12CCC(CS(=O)(=O)c3ccc(Br)cc3)(CC1)CC2. The molecule has 5 heteroatoms. The number of fused-ring (bicyclic) bond motifs is 3. The molecule has 3 nitrogen and oxygen atoms in total. The number of carbonyl (C=O) groups is 1. The van der Waals surface area contributed by atoms with Crippen LogP contribution in [0.25, 0.3) is 0 Å². The van der Waals surface area contributed by atoms with E-state index in [1.54, 1.807) is 24.3 Å². The third-order valence-corrected chi connectivity index (χ3v) is 9.87. The van der Waals surface area contributed by atoms with E-state index >= 15 is 0 Å². The van der Waals surface area contributed by atoms with Gasteiger partial charge in [-0.25, -0.2) is 8.42 Å². The molecule has 0 spiro atoms. The van der Waals surface area contributed by atoms with Crippen molar-refractivity contribution in [2.75, 3.05) is 5.75 Å². The summed E-state index contributed by atoms with van der Waals surface area (Å²) in [5.41, 5.74) is -0.247. The van der Waals surface area contributed by atoms with Gasteiger partial charge in [0.2, 0.25) is 0 Å². The van der Waals surface area contributed by atoms with Gasteiger partial charge in [0.05, 0.1) is 10.6 Å². The zero-order chi connectivity index (χ0) is 18.4. The largest absolute Gasteiger partial charge is 0.299 e. The van der Waals surface area contributed by atoms with Crippen molar-refractivity contribution >= 4 is 31.6 Å². The maximum atomic E-state index is 12.9. The summed E-state index contributed by atoms with van der Waals surface area (Å²) in [6.45, 7) is 0. The Hall–Kier alpha value is -0.680. The van der Waals surface area contributed by atoms with Crippen molar-refractivity contribution in [3.05, 3.63) is 28.7 Å². The molecule has 0 saturated heterocycles. The van der Waals surface area contributed by atoms with Gasteiger partial charge in [-0.05, 0) is 74.1 Å². The smallest absolute Gasteiger partial charge is 0.178 e. The van der Waals surface area contributed by atoms with Crippen molar-refractivity contribution in [3.8, 4) is 0 Å². The molecule has 0 N–H and O–H groups in total. The van der Waals surface area contributed by atoms with E-state index in [9.17, 15) is 13.2 Å². The first kappa shape index (κ1) is 18.7. The number of carbonyl (C=O) groups excluding carboxylic acids is 1. The Labute approximate surface area is 165 Å². The zero-order valence-corrected chi connectivity index (χ0v) is 17.6. The molecule has 4 saturated carbocycles. The molecular formula is C21H27BrO3S. The molecule has 1 aromatic rings. The quantitative estimate of drug-likeness (QED) is 0.603. The van der Waals surface area contributed by atoms with Crippen LogP contribution in [0, 0.1) is 16.7 Å². The van der Waals surface area contributed by atoms with Crippen LogP contribution >= 0.6 is 15.9 Å². The fourth-order valence-electron chi connectivity index (χ4n) is 5.20. The summed E-state index contributed by atoms with van der Waals surface area (Å²) < 4.78 is 26.7. The summed E-state index contributed by atoms with van der Waals surface area (Å²) in [6, 6.07) is 6.95. The highest BCUT2D eigenvalue weighted by molar-refractivity contribution is 9.10. The van der Waals surface area contributed by atoms with Gasteiger partial charge in [0.15, 0.2) is 9.84 Å². The van der Waals surface area contributed by atoms with E-state index in [0.29, 0.717) is 16.6 Å². The summed E-state index contributed by atoms with van der Waals surface area (Å²) in [5.74, 6) is 1.34. The predicted octanol–water partition coefficient (Wildman–Crippen LogP) is 5.32. The Morgan fingerprint density at radius 3 is 2.08 bits per heavy atom. The molecule has 2 bridgehead atoms. The highest BCUT2D eigenvalue weighted by Crippen LogP contribution is 2.58. The second kappa shape index (κ2) is 6.73. The number of sulfone groups is 1. The number of ketones is 1. The molecule has 142 valence electrons. The molecular weight excluding hydrogens is 412 g/mol. The normalized spacial score (nSPS) is 31.6. The van der Waals surface area contributed by atoms with E-state index in [2.05, 4.69) is 15.9 Å². The Balaban J connectivity index is 1.44. The van der Waals surface area contributed by atoms with Crippen LogP contribution in [0.1, 0.15) is 64.2 Å². The Bertz CT molecular complexity index is 769. The highest BCUT2D eigenvalue weighted by atomic mass is 79.9. The van der Waals surface area contributed by atoms with Crippen LogP contribution in [-0.4, -0.2) is 20.0 Å². The van der Waals surface area contributed by atoms with Crippen LogP contribution in [0.3, 0.4) is 0 Å². The van der Waals surface area contributed by atoms with Gasteiger partial charge in [-0.2, -0.15) is 0 Å². The predicted molar refractivity (Wildman–Crippen MR) is 106 cm³/mol. The summed E-state index contributed by atoms with van der Waals surface area (Å²) in [4.78, 5) is 13.3.